The van der Waals surface area contributed by atoms with Gasteiger partial charge in [0.15, 0.2) is 6.23 Å². The van der Waals surface area contributed by atoms with Crippen molar-refractivity contribution >= 4 is 5.91 Å². The summed E-state index contributed by atoms with van der Waals surface area (Å²) in [5.41, 5.74) is 0.699. The van der Waals surface area contributed by atoms with Gasteiger partial charge in [0.2, 0.25) is 0 Å². The van der Waals surface area contributed by atoms with Crippen molar-refractivity contribution in [3.63, 3.8) is 0 Å². The lowest BCUT2D eigenvalue weighted by atomic mass is 10.2. The molecule has 18 heavy (non-hydrogen) atoms. The summed E-state index contributed by atoms with van der Waals surface area (Å²) in [4.78, 5) is 14.1. The number of morpholine rings is 1. The molecule has 4 nitrogen and oxygen atoms in total. The van der Waals surface area contributed by atoms with E-state index in [4.69, 9.17) is 9.47 Å². The molecule has 1 aliphatic heterocycles. The van der Waals surface area contributed by atoms with Crippen LogP contribution in [0, 0.1) is 0 Å². The first-order chi connectivity index (χ1) is 8.83. The van der Waals surface area contributed by atoms with Gasteiger partial charge in [0.1, 0.15) is 0 Å². The summed E-state index contributed by atoms with van der Waals surface area (Å²) in [6, 6.07) is 9.30. The fourth-order valence-corrected chi connectivity index (χ4v) is 1.95. The van der Waals surface area contributed by atoms with Crippen LogP contribution in [0.3, 0.4) is 0 Å². The molecule has 1 saturated heterocycles. The fraction of sp³-hybridized carbons (Fsp3) is 0.500. The van der Waals surface area contributed by atoms with E-state index in [-0.39, 0.29) is 12.1 Å². The van der Waals surface area contributed by atoms with Gasteiger partial charge in [-0.05, 0) is 18.6 Å². The summed E-state index contributed by atoms with van der Waals surface area (Å²) in [6.07, 6.45) is 0.676. The van der Waals surface area contributed by atoms with Gasteiger partial charge in [0.05, 0.1) is 13.2 Å². The predicted molar refractivity (Wildman–Crippen MR) is 68.3 cm³/mol. The molecule has 0 radical (unpaired) electrons. The van der Waals surface area contributed by atoms with Crippen LogP contribution in [0.5, 0.6) is 0 Å². The number of rotatable bonds is 4. The third-order valence-corrected chi connectivity index (χ3v) is 2.88. The van der Waals surface area contributed by atoms with Gasteiger partial charge in [0.25, 0.3) is 5.91 Å². The summed E-state index contributed by atoms with van der Waals surface area (Å²) in [7, 11) is 0. The van der Waals surface area contributed by atoms with E-state index in [1.165, 1.54) is 0 Å². The highest BCUT2D eigenvalue weighted by Crippen LogP contribution is 2.13. The van der Waals surface area contributed by atoms with Gasteiger partial charge < -0.3 is 14.4 Å². The van der Waals surface area contributed by atoms with E-state index in [2.05, 4.69) is 0 Å². The van der Waals surface area contributed by atoms with Crippen LogP contribution in [-0.2, 0) is 9.47 Å². The zero-order valence-corrected chi connectivity index (χ0v) is 10.7. The van der Waals surface area contributed by atoms with Crippen LogP contribution in [-0.4, -0.2) is 43.4 Å². The summed E-state index contributed by atoms with van der Waals surface area (Å²) in [5.74, 6) is 0.0139. The number of hydrogen-bond donors (Lipinski definition) is 0. The summed E-state index contributed by atoms with van der Waals surface area (Å²) >= 11 is 0. The normalized spacial score (nSPS) is 19.8. The van der Waals surface area contributed by atoms with Crippen molar-refractivity contribution in [2.24, 2.45) is 0 Å². The third-order valence-electron chi connectivity index (χ3n) is 2.88. The van der Waals surface area contributed by atoms with E-state index in [0.717, 1.165) is 6.42 Å². The molecule has 0 spiro atoms. The van der Waals surface area contributed by atoms with Crippen LogP contribution in [0.4, 0.5) is 0 Å². The van der Waals surface area contributed by atoms with Crippen LogP contribution < -0.4 is 0 Å². The maximum atomic E-state index is 12.4. The topological polar surface area (TPSA) is 38.8 Å². The van der Waals surface area contributed by atoms with Crippen molar-refractivity contribution < 1.29 is 14.3 Å². The zero-order valence-electron chi connectivity index (χ0n) is 10.7. The molecule has 1 amide bonds. The van der Waals surface area contributed by atoms with E-state index in [9.17, 15) is 4.79 Å². The van der Waals surface area contributed by atoms with Gasteiger partial charge in [-0.15, -0.1) is 0 Å². The molecule has 1 fully saturated rings. The lowest BCUT2D eigenvalue weighted by Crippen LogP contribution is -2.50. The van der Waals surface area contributed by atoms with Crippen molar-refractivity contribution in [1.82, 2.24) is 4.90 Å². The minimum absolute atomic E-state index is 0.0139. The molecule has 1 unspecified atom stereocenters. The lowest BCUT2D eigenvalue weighted by Gasteiger charge is -2.35. The molecule has 1 aliphatic rings. The Morgan fingerprint density at radius 3 is 2.94 bits per heavy atom. The van der Waals surface area contributed by atoms with Crippen LogP contribution in [0.1, 0.15) is 23.7 Å². The van der Waals surface area contributed by atoms with Gasteiger partial charge >= 0.3 is 0 Å². The number of carbonyl (C=O) groups excluding carboxylic acids is 1. The molecule has 4 heteroatoms. The first-order valence-electron chi connectivity index (χ1n) is 6.38. The molecule has 1 heterocycles. The summed E-state index contributed by atoms with van der Waals surface area (Å²) in [5, 5.41) is 0. The summed E-state index contributed by atoms with van der Waals surface area (Å²) in [6.45, 7) is 4.31. The Hall–Kier alpha value is -1.39. The van der Waals surface area contributed by atoms with Crippen molar-refractivity contribution in [1.29, 1.82) is 0 Å². The Labute approximate surface area is 107 Å². The number of carbonyl (C=O) groups is 1. The first-order valence-corrected chi connectivity index (χ1v) is 6.38. The van der Waals surface area contributed by atoms with E-state index in [1.54, 1.807) is 4.90 Å². The smallest absolute Gasteiger partial charge is 0.256 e. The Morgan fingerprint density at radius 2 is 2.22 bits per heavy atom. The monoisotopic (exact) mass is 249 g/mol. The molecule has 0 N–H and O–H groups in total. The first kappa shape index (κ1) is 13.1. The van der Waals surface area contributed by atoms with Crippen LogP contribution >= 0.6 is 0 Å². The maximum absolute atomic E-state index is 12.4. The molecular weight excluding hydrogens is 230 g/mol. The van der Waals surface area contributed by atoms with Crippen molar-refractivity contribution in [3.05, 3.63) is 35.9 Å². The molecule has 0 aliphatic carbocycles. The van der Waals surface area contributed by atoms with Crippen molar-refractivity contribution in [2.75, 3.05) is 26.4 Å². The molecule has 98 valence electrons. The largest absolute Gasteiger partial charge is 0.375 e. The third kappa shape index (κ3) is 3.09. The van der Waals surface area contributed by atoms with Gasteiger partial charge in [-0.25, -0.2) is 0 Å². The average Bonchev–Trinajstić information content (AvgIpc) is 2.45. The number of amides is 1. The van der Waals surface area contributed by atoms with E-state index < -0.39 is 0 Å². The lowest BCUT2D eigenvalue weighted by molar-refractivity contribution is -0.122. The predicted octanol–water partition coefficient (Wildman–Crippen LogP) is 1.91. The highest BCUT2D eigenvalue weighted by molar-refractivity contribution is 5.94. The van der Waals surface area contributed by atoms with E-state index in [0.29, 0.717) is 31.9 Å². The number of nitrogens with zero attached hydrogens (tertiary/aromatic N) is 1. The highest BCUT2D eigenvalue weighted by atomic mass is 16.5. The van der Waals surface area contributed by atoms with Crippen LogP contribution in [0.2, 0.25) is 0 Å². The standard InChI is InChI=1S/C14H19NO3/c1-2-9-18-13-11-17-10-8-15(13)14(16)12-6-4-3-5-7-12/h3-7,13H,2,8-11H2,1H3. The molecular formula is C14H19NO3. The Bertz CT molecular complexity index is 380. The Balaban J connectivity index is 2.06. The van der Waals surface area contributed by atoms with Crippen LogP contribution in [0.15, 0.2) is 30.3 Å². The second-order valence-electron chi connectivity index (χ2n) is 4.26. The number of hydrogen-bond acceptors (Lipinski definition) is 3. The second-order valence-corrected chi connectivity index (χ2v) is 4.26. The molecule has 2 rings (SSSR count). The molecule has 0 saturated carbocycles. The molecule has 1 aromatic carbocycles. The molecule has 1 aromatic rings. The van der Waals surface area contributed by atoms with E-state index in [1.807, 2.05) is 37.3 Å². The Morgan fingerprint density at radius 1 is 1.44 bits per heavy atom. The van der Waals surface area contributed by atoms with Crippen LogP contribution in [0.25, 0.3) is 0 Å². The highest BCUT2D eigenvalue weighted by Gasteiger charge is 2.28. The number of benzene rings is 1. The second kappa shape index (κ2) is 6.52. The minimum Gasteiger partial charge on any atom is -0.375 e. The maximum Gasteiger partial charge on any atom is 0.256 e. The van der Waals surface area contributed by atoms with Gasteiger partial charge in [-0.1, -0.05) is 25.1 Å². The quantitative estimate of drug-likeness (QED) is 0.818. The summed E-state index contributed by atoms with van der Waals surface area (Å²) < 4.78 is 11.0. The van der Waals surface area contributed by atoms with Crippen molar-refractivity contribution in [2.45, 2.75) is 19.6 Å². The average molecular weight is 249 g/mol. The zero-order chi connectivity index (χ0) is 12.8. The number of ether oxygens (including phenoxy) is 2. The molecule has 0 bridgehead atoms. The van der Waals surface area contributed by atoms with Crippen molar-refractivity contribution in [3.8, 4) is 0 Å². The fourth-order valence-electron chi connectivity index (χ4n) is 1.95. The minimum atomic E-state index is -0.258. The van der Waals surface area contributed by atoms with Gasteiger partial charge in [-0.2, -0.15) is 0 Å². The van der Waals surface area contributed by atoms with Gasteiger partial charge in [0, 0.05) is 18.7 Å². The van der Waals surface area contributed by atoms with Gasteiger partial charge in [-0.3, -0.25) is 4.79 Å². The SMILES string of the molecule is CCCOC1COCCN1C(=O)c1ccccc1. The molecule has 0 aromatic heterocycles. The Kier molecular flexibility index (Phi) is 4.73. The van der Waals surface area contributed by atoms with E-state index >= 15 is 0 Å². The molecule has 1 atom stereocenters.